The third kappa shape index (κ3) is 4.93. The summed E-state index contributed by atoms with van der Waals surface area (Å²) in [5, 5.41) is 2.76. The van der Waals surface area contributed by atoms with Gasteiger partial charge in [-0.1, -0.05) is 24.6 Å². The van der Waals surface area contributed by atoms with Gasteiger partial charge in [-0.2, -0.15) is 4.31 Å². The van der Waals surface area contributed by atoms with Gasteiger partial charge in [0.05, 0.1) is 4.90 Å². The van der Waals surface area contributed by atoms with Gasteiger partial charge in [0.25, 0.3) is 5.91 Å². The van der Waals surface area contributed by atoms with Crippen molar-refractivity contribution in [3.8, 4) is 0 Å². The Morgan fingerprint density at radius 3 is 2.52 bits per heavy atom. The van der Waals surface area contributed by atoms with E-state index in [4.69, 9.17) is 0 Å². The van der Waals surface area contributed by atoms with Gasteiger partial charge in [0, 0.05) is 25.2 Å². The van der Waals surface area contributed by atoms with Crippen LogP contribution in [-0.2, 0) is 16.4 Å². The Morgan fingerprint density at radius 1 is 1.04 bits per heavy atom. The number of piperidine rings is 1. The van der Waals surface area contributed by atoms with Gasteiger partial charge in [-0.05, 0) is 55.2 Å². The molecule has 0 aliphatic carbocycles. The molecule has 0 aromatic heterocycles. The topological polar surface area (TPSA) is 66.5 Å². The quantitative estimate of drug-likeness (QED) is 0.825. The molecule has 1 aliphatic heterocycles. The molecule has 0 spiro atoms. The number of carbonyl (C=O) groups excluding carboxylic acids is 1. The van der Waals surface area contributed by atoms with E-state index in [2.05, 4.69) is 5.32 Å². The minimum absolute atomic E-state index is 0.141. The fourth-order valence-corrected chi connectivity index (χ4v) is 4.73. The summed E-state index contributed by atoms with van der Waals surface area (Å²) in [4.78, 5) is 12.5. The molecule has 2 aromatic carbocycles. The van der Waals surface area contributed by atoms with Crippen LogP contribution >= 0.6 is 0 Å². The van der Waals surface area contributed by atoms with Crippen LogP contribution < -0.4 is 5.32 Å². The van der Waals surface area contributed by atoms with Crippen molar-refractivity contribution in [3.05, 3.63) is 65.5 Å². The first kappa shape index (κ1) is 19.5. The maximum atomic E-state index is 13.2. The smallest absolute Gasteiger partial charge is 0.251 e. The Kier molecular flexibility index (Phi) is 6.23. The molecule has 5 nitrogen and oxygen atoms in total. The third-order valence-corrected chi connectivity index (χ3v) is 6.53. The Bertz CT molecular complexity index is 909. The van der Waals surface area contributed by atoms with E-state index in [0.29, 0.717) is 31.6 Å². The number of halogens is 1. The molecular formula is C20H23FN2O3S. The molecule has 0 saturated carbocycles. The molecular weight excluding hydrogens is 367 g/mol. The molecule has 1 aliphatic rings. The second-order valence-electron chi connectivity index (χ2n) is 6.63. The van der Waals surface area contributed by atoms with Gasteiger partial charge in [-0.25, -0.2) is 12.8 Å². The van der Waals surface area contributed by atoms with E-state index in [1.54, 1.807) is 24.3 Å². The summed E-state index contributed by atoms with van der Waals surface area (Å²) in [7, 11) is -3.57. The number of hydrogen-bond donors (Lipinski definition) is 1. The maximum absolute atomic E-state index is 13.2. The van der Waals surface area contributed by atoms with E-state index >= 15 is 0 Å². The molecule has 1 heterocycles. The highest BCUT2D eigenvalue weighted by Crippen LogP contribution is 2.21. The third-order valence-electron chi connectivity index (χ3n) is 4.64. The number of benzene rings is 2. The molecule has 1 N–H and O–H groups in total. The van der Waals surface area contributed by atoms with Crippen LogP contribution in [0.4, 0.5) is 4.39 Å². The fraction of sp³-hybridized carbons (Fsp3) is 0.350. The molecule has 27 heavy (non-hydrogen) atoms. The normalized spacial score (nSPS) is 15.4. The first-order valence-electron chi connectivity index (χ1n) is 9.10. The van der Waals surface area contributed by atoms with E-state index in [9.17, 15) is 17.6 Å². The summed E-state index contributed by atoms with van der Waals surface area (Å²) in [6.45, 7) is 1.38. The molecule has 0 atom stereocenters. The highest BCUT2D eigenvalue weighted by atomic mass is 32.2. The lowest BCUT2D eigenvalue weighted by atomic mass is 10.1. The molecule has 1 fully saturated rings. The monoisotopic (exact) mass is 390 g/mol. The Hall–Kier alpha value is -2.25. The van der Waals surface area contributed by atoms with Crippen LogP contribution in [0.2, 0.25) is 0 Å². The number of sulfonamides is 1. The number of amides is 1. The zero-order valence-corrected chi connectivity index (χ0v) is 15.8. The van der Waals surface area contributed by atoms with E-state index in [1.807, 2.05) is 0 Å². The van der Waals surface area contributed by atoms with Crippen molar-refractivity contribution in [3.63, 3.8) is 0 Å². The lowest BCUT2D eigenvalue weighted by molar-refractivity contribution is 0.0954. The first-order valence-corrected chi connectivity index (χ1v) is 10.5. The van der Waals surface area contributed by atoms with Crippen molar-refractivity contribution >= 4 is 15.9 Å². The molecule has 2 aromatic rings. The summed E-state index contributed by atoms with van der Waals surface area (Å²) >= 11 is 0. The van der Waals surface area contributed by atoms with Crippen molar-refractivity contribution in [1.29, 1.82) is 0 Å². The molecule has 144 valence electrons. The lowest BCUT2D eigenvalue weighted by Crippen LogP contribution is -2.35. The zero-order chi connectivity index (χ0) is 19.3. The Morgan fingerprint density at radius 2 is 1.78 bits per heavy atom. The second-order valence-corrected chi connectivity index (χ2v) is 8.57. The van der Waals surface area contributed by atoms with E-state index < -0.39 is 10.0 Å². The van der Waals surface area contributed by atoms with Crippen LogP contribution in [0, 0.1) is 5.82 Å². The average Bonchev–Trinajstić information content (AvgIpc) is 2.69. The van der Waals surface area contributed by atoms with Crippen molar-refractivity contribution in [2.45, 2.75) is 30.6 Å². The van der Waals surface area contributed by atoms with Crippen LogP contribution in [0.25, 0.3) is 0 Å². The fourth-order valence-electron chi connectivity index (χ4n) is 3.17. The number of nitrogens with one attached hydrogen (secondary N) is 1. The predicted molar refractivity (Wildman–Crippen MR) is 101 cm³/mol. The minimum Gasteiger partial charge on any atom is -0.352 e. The molecule has 7 heteroatoms. The van der Waals surface area contributed by atoms with Crippen molar-refractivity contribution < 1.29 is 17.6 Å². The van der Waals surface area contributed by atoms with Crippen molar-refractivity contribution in [1.82, 2.24) is 9.62 Å². The minimum atomic E-state index is -3.57. The van der Waals surface area contributed by atoms with Crippen LogP contribution in [0.1, 0.15) is 35.2 Å². The van der Waals surface area contributed by atoms with Gasteiger partial charge in [-0.15, -0.1) is 0 Å². The molecule has 1 amide bonds. The Labute approximate surface area is 159 Å². The average molecular weight is 390 g/mol. The van der Waals surface area contributed by atoms with E-state index in [-0.39, 0.29) is 16.6 Å². The van der Waals surface area contributed by atoms with Gasteiger partial charge in [-0.3, -0.25) is 4.79 Å². The largest absolute Gasteiger partial charge is 0.352 e. The molecule has 0 radical (unpaired) electrons. The second kappa shape index (κ2) is 8.63. The van der Waals surface area contributed by atoms with Crippen LogP contribution in [0.5, 0.6) is 0 Å². The van der Waals surface area contributed by atoms with E-state index in [1.165, 1.54) is 28.6 Å². The van der Waals surface area contributed by atoms with Crippen LogP contribution in [0.3, 0.4) is 0 Å². The van der Waals surface area contributed by atoms with Gasteiger partial charge in [0.1, 0.15) is 5.82 Å². The van der Waals surface area contributed by atoms with Crippen LogP contribution in [-0.4, -0.2) is 38.3 Å². The summed E-state index contributed by atoms with van der Waals surface area (Å²) in [5.74, 6) is -0.656. The maximum Gasteiger partial charge on any atom is 0.251 e. The van der Waals surface area contributed by atoms with Crippen molar-refractivity contribution in [2.24, 2.45) is 0 Å². The van der Waals surface area contributed by atoms with Crippen LogP contribution in [0.15, 0.2) is 53.4 Å². The highest BCUT2D eigenvalue weighted by molar-refractivity contribution is 7.89. The predicted octanol–water partition coefficient (Wildman–Crippen LogP) is 2.97. The number of hydrogen-bond acceptors (Lipinski definition) is 3. The van der Waals surface area contributed by atoms with Gasteiger partial charge in [0.2, 0.25) is 10.0 Å². The first-order chi connectivity index (χ1) is 13.0. The highest BCUT2D eigenvalue weighted by Gasteiger charge is 2.26. The summed E-state index contributed by atoms with van der Waals surface area (Å²) in [6.07, 6.45) is 3.26. The summed E-state index contributed by atoms with van der Waals surface area (Å²) in [5.41, 5.74) is 1.09. The van der Waals surface area contributed by atoms with Gasteiger partial charge in [0.15, 0.2) is 0 Å². The van der Waals surface area contributed by atoms with Gasteiger partial charge < -0.3 is 5.32 Å². The SMILES string of the molecule is O=C(NCCc1cccc(F)c1)c1cccc(S(=O)(=O)N2CCCCC2)c1. The molecule has 0 unspecified atom stereocenters. The summed E-state index contributed by atoms with van der Waals surface area (Å²) in [6, 6.07) is 12.3. The van der Waals surface area contributed by atoms with Crippen molar-refractivity contribution in [2.75, 3.05) is 19.6 Å². The number of nitrogens with zero attached hydrogens (tertiary/aromatic N) is 1. The Balaban J connectivity index is 1.64. The van der Waals surface area contributed by atoms with E-state index in [0.717, 1.165) is 24.8 Å². The summed E-state index contributed by atoms with van der Waals surface area (Å²) < 4.78 is 40.2. The lowest BCUT2D eigenvalue weighted by Gasteiger charge is -2.26. The standard InChI is InChI=1S/C20H23FN2O3S/c21-18-8-4-6-16(14-18)10-11-22-20(24)17-7-5-9-19(15-17)27(25,26)23-12-2-1-3-13-23/h4-9,14-15H,1-3,10-13H2,(H,22,24). The number of carbonyl (C=O) groups is 1. The molecule has 3 rings (SSSR count). The zero-order valence-electron chi connectivity index (χ0n) is 15.0. The van der Waals surface area contributed by atoms with Gasteiger partial charge >= 0.3 is 0 Å². The molecule has 1 saturated heterocycles. The number of rotatable bonds is 6. The molecule has 0 bridgehead atoms.